The number of sulfonamides is 1. The summed E-state index contributed by atoms with van der Waals surface area (Å²) >= 11 is 2.73. The zero-order valence-electron chi connectivity index (χ0n) is 54.0. The highest BCUT2D eigenvalue weighted by Crippen LogP contribution is 2.40. The molecule has 0 unspecified atom stereocenters. The van der Waals surface area contributed by atoms with Gasteiger partial charge in [0, 0.05) is 53.1 Å². The Morgan fingerprint density at radius 3 is 1.44 bits per heavy atom. The molecular formula is C75H63B2F3N8O8S3. The summed E-state index contributed by atoms with van der Waals surface area (Å²) in [6.07, 6.45) is -3.04. The predicted molar refractivity (Wildman–Crippen MR) is 387 cm³/mol. The van der Waals surface area contributed by atoms with E-state index in [-0.39, 0.29) is 36.6 Å². The number of fused-ring (bicyclic) bond motifs is 3. The summed E-state index contributed by atoms with van der Waals surface area (Å²) in [7, 11) is -1.43. The average molecular weight is 1380 g/mol. The van der Waals surface area contributed by atoms with Crippen molar-refractivity contribution in [3.8, 4) is 51.6 Å². The molecule has 2 amide bonds. The van der Waals surface area contributed by atoms with Crippen LogP contribution in [0, 0.1) is 17.9 Å². The van der Waals surface area contributed by atoms with Gasteiger partial charge in [-0.3, -0.25) is 9.59 Å². The molecule has 0 aliphatic heterocycles. The lowest BCUT2D eigenvalue weighted by Gasteiger charge is -2.24. The third-order valence-electron chi connectivity index (χ3n) is 16.7. The van der Waals surface area contributed by atoms with Crippen molar-refractivity contribution in [2.75, 3.05) is 39.7 Å². The SMILES string of the molecule is [C-]#[N+]/C(c1nc2cc(OC)ccc2s1)=c1\c2c(-c3ccc(OCCCCCNC(C)=O)cc3)n(B(c3ccccc3)c3ccccc3)/c(=C(/C#N)c3nc4cc(OC)ccc4s3)c2c(-c2ccc(OCCCCS(=O)(=O)NC(=O)C(F)(F)F)cc2)n1B(c1ccccc1)c1ccccc1. The van der Waals surface area contributed by atoms with E-state index in [0.717, 1.165) is 55.2 Å². The molecule has 16 nitrogen and oxygen atoms in total. The van der Waals surface area contributed by atoms with Crippen LogP contribution in [0.2, 0.25) is 0 Å². The fourth-order valence-corrected chi connectivity index (χ4v) is 15.2. The maximum absolute atomic E-state index is 13.0. The van der Waals surface area contributed by atoms with Crippen LogP contribution in [0.25, 0.3) is 69.8 Å². The second-order valence-corrected chi connectivity index (χ2v) is 27.1. The summed E-state index contributed by atoms with van der Waals surface area (Å²) < 4.78 is 95.4. The van der Waals surface area contributed by atoms with Gasteiger partial charge in [0.25, 0.3) is 0 Å². The molecule has 0 aliphatic carbocycles. The molecule has 8 aromatic carbocycles. The highest BCUT2D eigenvalue weighted by molar-refractivity contribution is 7.90. The third kappa shape index (κ3) is 15.0. The van der Waals surface area contributed by atoms with Crippen molar-refractivity contribution in [2.45, 2.75) is 45.2 Å². The van der Waals surface area contributed by atoms with Crippen LogP contribution in [0.4, 0.5) is 13.2 Å². The van der Waals surface area contributed by atoms with E-state index >= 15 is 0 Å². The number of nitrogens with zero attached hydrogens (tertiary/aromatic N) is 6. The first-order valence-corrected chi connectivity index (χ1v) is 35.1. The molecule has 12 rings (SSSR count). The molecule has 0 atom stereocenters. The number of halogens is 3. The third-order valence-corrected chi connectivity index (χ3v) is 20.1. The van der Waals surface area contributed by atoms with Crippen molar-refractivity contribution in [3.05, 3.63) is 238 Å². The van der Waals surface area contributed by atoms with Gasteiger partial charge in [-0.1, -0.05) is 143 Å². The fourth-order valence-electron chi connectivity index (χ4n) is 12.3. The van der Waals surface area contributed by atoms with Crippen molar-refractivity contribution < 1.29 is 50.1 Å². The van der Waals surface area contributed by atoms with Crippen LogP contribution in [0.5, 0.6) is 23.0 Å². The first-order valence-electron chi connectivity index (χ1n) is 31.8. The molecule has 0 bridgehead atoms. The van der Waals surface area contributed by atoms with E-state index in [4.69, 9.17) is 28.9 Å². The fraction of sp³-hybridized carbons (Fsp3) is 0.173. The van der Waals surface area contributed by atoms with Crippen LogP contribution in [-0.4, -0.2) is 98.8 Å². The average Bonchev–Trinajstić information content (AvgIpc) is 1.52. The molecule has 0 radical (unpaired) electrons. The number of carbonyl (C=O) groups is 2. The van der Waals surface area contributed by atoms with Gasteiger partial charge in [-0.15, -0.1) is 22.7 Å². The predicted octanol–water partition coefficient (Wildman–Crippen LogP) is 11.0. The molecule has 0 fully saturated rings. The number of ether oxygens (including phenoxy) is 4. The normalized spacial score (nSPS) is 12.2. The monoisotopic (exact) mass is 1380 g/mol. The Bertz CT molecular complexity index is 5080. The summed E-state index contributed by atoms with van der Waals surface area (Å²) in [5.41, 5.74) is 7.63. The molecule has 99 heavy (non-hydrogen) atoms. The topological polar surface area (TPSA) is 193 Å². The number of nitriles is 1. The Morgan fingerprint density at radius 1 is 0.586 bits per heavy atom. The molecule has 2 N–H and O–H groups in total. The lowest BCUT2D eigenvalue weighted by atomic mass is 9.50. The van der Waals surface area contributed by atoms with E-state index in [9.17, 15) is 43.0 Å². The van der Waals surface area contributed by atoms with Crippen molar-refractivity contribution in [2.24, 2.45) is 0 Å². The summed E-state index contributed by atoms with van der Waals surface area (Å²) in [6.45, 7) is 10.8. The highest BCUT2D eigenvalue weighted by atomic mass is 32.2. The lowest BCUT2D eigenvalue weighted by molar-refractivity contribution is -0.171. The zero-order valence-corrected chi connectivity index (χ0v) is 56.4. The van der Waals surface area contributed by atoms with Gasteiger partial charge in [0.1, 0.15) is 44.7 Å². The van der Waals surface area contributed by atoms with Gasteiger partial charge in [-0.25, -0.2) is 28.0 Å². The molecular weight excluding hydrogens is 1320 g/mol. The quantitative estimate of drug-likeness (QED) is 0.0298. The Kier molecular flexibility index (Phi) is 20.8. The van der Waals surface area contributed by atoms with Crippen molar-refractivity contribution in [3.63, 3.8) is 0 Å². The van der Waals surface area contributed by atoms with Gasteiger partial charge in [-0.2, -0.15) is 18.4 Å². The minimum Gasteiger partial charge on any atom is -0.497 e. The molecule has 24 heteroatoms. The van der Waals surface area contributed by atoms with Crippen molar-refractivity contribution in [1.82, 2.24) is 29.0 Å². The van der Waals surface area contributed by atoms with Crippen molar-refractivity contribution >= 4 is 123 Å². The summed E-state index contributed by atoms with van der Waals surface area (Å²) in [5, 5.41) is 18.3. The minimum absolute atomic E-state index is 0.0384. The first kappa shape index (κ1) is 68.0. The largest absolute Gasteiger partial charge is 0.497 e. The Labute approximate surface area is 578 Å². The van der Waals surface area contributed by atoms with Gasteiger partial charge in [-0.05, 0) is 116 Å². The van der Waals surface area contributed by atoms with Crippen LogP contribution in [0.15, 0.2) is 206 Å². The molecule has 0 aliphatic rings. The smallest absolute Gasteiger partial charge is 0.472 e. The van der Waals surface area contributed by atoms with E-state index in [1.165, 1.54) is 29.6 Å². The van der Waals surface area contributed by atoms with Gasteiger partial charge >= 0.3 is 25.8 Å². The summed E-state index contributed by atoms with van der Waals surface area (Å²) in [6, 6.07) is 69.4. The van der Waals surface area contributed by atoms with E-state index in [2.05, 4.69) is 73.7 Å². The molecule has 4 heterocycles. The molecule has 496 valence electrons. The second-order valence-electron chi connectivity index (χ2n) is 23.2. The number of hydrogen-bond acceptors (Lipinski definition) is 13. The zero-order chi connectivity index (χ0) is 69.2. The van der Waals surface area contributed by atoms with Crippen molar-refractivity contribution in [1.29, 1.82) is 5.26 Å². The lowest BCUT2D eigenvalue weighted by Crippen LogP contribution is -2.54. The standard InChI is InChI=1S/C75H63B2F3N8O8S3/c1-49(89)83-42-18-9-19-43-95-56-36-32-51(33-37-56)69-66-65(70(60(48-81)72-84-61-46-58(93-3)38-40-63(61)97-72)87(69)76(52-22-10-5-11-23-52)53-24-12-6-13-25-53)68(50-30-34-57(35-31-50)96-44-20-21-45-99(91,92)86-74(90)75(78,79)80)88(77(54-26-14-7-15-27-54)55-28-16-8-17-29-55)71(66)67(82-2)73-85-62-47-59(94-4)39-41-64(62)98-73/h5-8,10-17,22-41,46-47H,9,18-21,42-45H2,1,3-4H3,(H,83,89)(H,86,90)/b70-60-,71-67+. The Hall–Kier alpha value is -10.9. The first-order chi connectivity index (χ1) is 48.1. The van der Waals surface area contributed by atoms with E-state index in [0.29, 0.717) is 101 Å². The maximum atomic E-state index is 13.0. The second kappa shape index (κ2) is 30.2. The van der Waals surface area contributed by atoms with E-state index in [1.807, 2.05) is 146 Å². The molecule has 12 aromatic rings. The number of methoxy groups -OCH3 is 2. The van der Waals surface area contributed by atoms with Crippen LogP contribution in [0.3, 0.4) is 0 Å². The Morgan fingerprint density at radius 2 is 1.01 bits per heavy atom. The molecule has 0 spiro atoms. The number of amides is 2. The molecule has 0 saturated carbocycles. The Balaban J connectivity index is 1.23. The van der Waals surface area contributed by atoms with Gasteiger partial charge in [0.2, 0.25) is 21.6 Å². The van der Waals surface area contributed by atoms with Crippen LogP contribution >= 0.6 is 22.7 Å². The van der Waals surface area contributed by atoms with E-state index < -0.39 is 41.6 Å². The summed E-state index contributed by atoms with van der Waals surface area (Å²) in [4.78, 5) is 38.4. The number of unbranched alkanes of at least 4 members (excludes halogenated alkanes) is 3. The number of benzene rings is 8. The van der Waals surface area contributed by atoms with Gasteiger partial charge < -0.3 is 33.2 Å². The highest BCUT2D eigenvalue weighted by Gasteiger charge is 2.41. The molecule has 4 aromatic heterocycles. The number of alkyl halides is 3. The number of aromatic nitrogens is 4. The van der Waals surface area contributed by atoms with Crippen LogP contribution < -0.4 is 61.5 Å². The maximum Gasteiger partial charge on any atom is 0.472 e. The van der Waals surface area contributed by atoms with Gasteiger partial charge in [0.05, 0.1) is 65.5 Å². The number of hydrogen-bond donors (Lipinski definition) is 2. The van der Waals surface area contributed by atoms with Gasteiger partial charge in [0.15, 0.2) is 0 Å². The minimum atomic E-state index is -5.38. The molecule has 0 saturated heterocycles. The number of thiazole rings is 2. The number of rotatable bonds is 26. The summed E-state index contributed by atoms with van der Waals surface area (Å²) in [5.74, 6) is -1.25. The van der Waals surface area contributed by atoms with Crippen LogP contribution in [0.1, 0.15) is 49.0 Å². The van der Waals surface area contributed by atoms with E-state index in [1.54, 1.807) is 26.4 Å². The number of carbonyl (C=O) groups excluding carboxylic acids is 2. The number of nitrogens with one attached hydrogen (secondary N) is 2. The van der Waals surface area contributed by atoms with Crippen LogP contribution in [-0.2, 0) is 19.6 Å².